The first kappa shape index (κ1) is 98.2. The van der Waals surface area contributed by atoms with E-state index in [-0.39, 0.29) is 0 Å². The van der Waals surface area contributed by atoms with Crippen molar-refractivity contribution in [1.29, 1.82) is 0 Å². The number of fused-ring (bicyclic) bond motifs is 8. The minimum atomic E-state index is -0.878. The van der Waals surface area contributed by atoms with Gasteiger partial charge in [0.1, 0.15) is 23.0 Å². The lowest BCUT2D eigenvalue weighted by Gasteiger charge is -2.17. The molecule has 5 heterocycles. The number of ether oxygens (including phenoxy) is 4. The van der Waals surface area contributed by atoms with Gasteiger partial charge in [-0.1, -0.05) is 259 Å². The van der Waals surface area contributed by atoms with Gasteiger partial charge in [-0.3, -0.25) is 19.2 Å². The van der Waals surface area contributed by atoms with E-state index in [1.54, 1.807) is 27.7 Å². The zero-order chi connectivity index (χ0) is 88.2. The zero-order valence-corrected chi connectivity index (χ0v) is 76.4. The lowest BCUT2D eigenvalue weighted by Crippen LogP contribution is -2.32. The molecule has 20 heteroatoms. The highest BCUT2D eigenvalue weighted by Crippen LogP contribution is 2.46. The van der Waals surface area contributed by atoms with E-state index in [2.05, 4.69) is 58.9 Å². The summed E-state index contributed by atoms with van der Waals surface area (Å²) in [7, 11) is 0. The summed E-state index contributed by atoms with van der Waals surface area (Å²) in [5.74, 6) is 0.731. The molecule has 2 aliphatic heterocycles. The number of anilines is 4. The van der Waals surface area contributed by atoms with Gasteiger partial charge < -0.3 is 73.1 Å². The van der Waals surface area contributed by atoms with Gasteiger partial charge in [0.05, 0.1) is 73.4 Å². The lowest BCUT2D eigenvalue weighted by atomic mass is 10.0. The summed E-state index contributed by atoms with van der Waals surface area (Å²) >= 11 is 0. The molecule has 20 nitrogen and oxygen atoms in total. The fourth-order valence-electron chi connectivity index (χ4n) is 16.2. The molecule has 0 saturated carbocycles. The van der Waals surface area contributed by atoms with Gasteiger partial charge in [-0.2, -0.15) is 0 Å². The number of amides is 4. The quantitative estimate of drug-likeness (QED) is 0.0159. The minimum absolute atomic E-state index is 0.402. The van der Waals surface area contributed by atoms with Crippen LogP contribution < -0.4 is 63.1 Å². The zero-order valence-electron chi connectivity index (χ0n) is 76.4. The van der Waals surface area contributed by atoms with Gasteiger partial charge in [-0.25, -0.2) is 9.97 Å². The fraction of sp³-hybridized carbons (Fsp3) is 0.538. The first-order valence-electron chi connectivity index (χ1n) is 47.9. The molecule has 0 spiro atoms. The average Bonchev–Trinajstić information content (AvgIpc) is 1.61. The Labute approximate surface area is 741 Å². The van der Waals surface area contributed by atoms with Crippen LogP contribution in [0.1, 0.15) is 335 Å². The number of carbonyl (C=O) groups excluding carboxylic acids is 4. The molecule has 0 unspecified atom stereocenters. The van der Waals surface area contributed by atoms with Gasteiger partial charge in [-0.15, -0.1) is 0 Å². The second-order valence-electron chi connectivity index (χ2n) is 34.6. The van der Waals surface area contributed by atoms with Gasteiger partial charge in [0.25, 0.3) is 0 Å². The molecule has 674 valence electrons. The number of hydrogen-bond donors (Lipinski definition) is 10. The minimum Gasteiger partial charge on any atom is -0.494 e. The molecule has 9 rings (SSSR count). The van der Waals surface area contributed by atoms with Gasteiger partial charge in [-0.05, 0) is 175 Å². The fourth-order valence-corrected chi connectivity index (χ4v) is 16.2. The molecule has 0 fully saturated rings. The molecule has 0 aliphatic carbocycles. The number of unbranched alkanes of at least 4 members (excludes halogenated alkanes) is 36. The summed E-state index contributed by atoms with van der Waals surface area (Å²) in [6, 6.07) is 27.3. The number of nitrogens with two attached hydrogens (primary N) is 4. The molecule has 124 heavy (non-hydrogen) atoms. The maximum atomic E-state index is 14.2. The monoisotopic (exact) mass is 1700 g/mol. The van der Waals surface area contributed by atoms with Crippen molar-refractivity contribution in [3.63, 3.8) is 0 Å². The van der Waals surface area contributed by atoms with Crippen LogP contribution in [0.3, 0.4) is 0 Å². The van der Waals surface area contributed by atoms with Crippen molar-refractivity contribution in [2.75, 3.05) is 47.7 Å². The summed E-state index contributed by atoms with van der Waals surface area (Å²) in [6.07, 6.45) is 55.0. The van der Waals surface area contributed by atoms with Crippen LogP contribution in [0, 0.1) is 0 Å². The molecule has 2 aliphatic rings. The SMILES string of the molecule is CCCCCCCCCCCCOc1ccc(NC(=O)[C@H](C)N)c(-c2c3nc(c(-c4cc(OCCCCCCCCCCCC)ccc4NC(=O)[C@H](C)N)c4ccc([nH]4)c(-c4cc(OCCCCCCCCCCCC)ccc4NC(=O)[C@H](C)N)c4nc(c(-c5cc(OCCCCCCCCCCCC)ccc5NC(=O)[C@H](C)N)c5ccc2[nH]5)C=C4)C=C3)c1. The van der Waals surface area contributed by atoms with E-state index in [1.165, 1.54) is 180 Å². The summed E-state index contributed by atoms with van der Waals surface area (Å²) < 4.78 is 27.0. The van der Waals surface area contributed by atoms with Crippen molar-refractivity contribution in [2.45, 2.75) is 336 Å². The molecule has 4 amide bonds. The maximum Gasteiger partial charge on any atom is 0.241 e. The predicted molar refractivity (Wildman–Crippen MR) is 519 cm³/mol. The number of H-pyrrole nitrogens is 2. The smallest absolute Gasteiger partial charge is 0.241 e. The first-order chi connectivity index (χ1) is 60.4. The lowest BCUT2D eigenvalue weighted by molar-refractivity contribution is -0.117. The van der Waals surface area contributed by atoms with Crippen LogP contribution >= 0.6 is 0 Å². The Hall–Kier alpha value is -9.60. The van der Waals surface area contributed by atoms with Crippen LogP contribution in [0.5, 0.6) is 23.0 Å². The molecule has 0 saturated heterocycles. The molecule has 0 radical (unpaired) electrons. The highest BCUT2D eigenvalue weighted by atomic mass is 16.5. The van der Waals surface area contributed by atoms with Crippen molar-refractivity contribution < 1.29 is 38.1 Å². The first-order valence-corrected chi connectivity index (χ1v) is 47.9. The van der Waals surface area contributed by atoms with Crippen LogP contribution in [0.4, 0.5) is 22.7 Å². The highest BCUT2D eigenvalue weighted by molar-refractivity contribution is 6.09. The maximum absolute atomic E-state index is 14.2. The number of aromatic nitrogens is 4. The molecular formula is C104H150N12O8. The summed E-state index contributed by atoms with van der Waals surface area (Å²) in [4.78, 5) is 76.2. The number of nitrogens with one attached hydrogen (secondary N) is 6. The Morgan fingerprint density at radius 3 is 0.629 bits per heavy atom. The van der Waals surface area contributed by atoms with Crippen LogP contribution in [0.15, 0.2) is 97.1 Å². The third kappa shape index (κ3) is 31.5. The summed E-state index contributed by atoms with van der Waals surface area (Å²) in [5, 5.41) is 12.8. The number of carbonyl (C=O) groups is 4. The molecule has 8 bridgehead atoms. The number of nitrogens with zero attached hydrogens (tertiary/aromatic N) is 2. The molecule has 3 aromatic heterocycles. The number of hydrogen-bond acceptors (Lipinski definition) is 14. The third-order valence-corrected chi connectivity index (χ3v) is 23.5. The van der Waals surface area contributed by atoms with Gasteiger partial charge >= 0.3 is 0 Å². The number of benzene rings is 4. The van der Waals surface area contributed by atoms with Crippen molar-refractivity contribution in [2.24, 2.45) is 22.9 Å². The Kier molecular flexibility index (Phi) is 43.0. The topological polar surface area (TPSA) is 315 Å². The van der Waals surface area contributed by atoms with Crippen LogP contribution in [0.2, 0.25) is 0 Å². The van der Waals surface area contributed by atoms with Crippen molar-refractivity contribution in [3.05, 3.63) is 120 Å². The average molecular weight is 1700 g/mol. The van der Waals surface area contributed by atoms with E-state index in [0.717, 1.165) is 77.0 Å². The van der Waals surface area contributed by atoms with E-state index in [9.17, 15) is 19.2 Å². The van der Waals surface area contributed by atoms with E-state index >= 15 is 0 Å². The second kappa shape index (κ2) is 54.3. The van der Waals surface area contributed by atoms with Crippen LogP contribution in [-0.4, -0.2) is 94.2 Å². The highest BCUT2D eigenvalue weighted by Gasteiger charge is 2.27. The van der Waals surface area contributed by atoms with Crippen molar-refractivity contribution >= 4 is 92.7 Å². The van der Waals surface area contributed by atoms with Gasteiger partial charge in [0.15, 0.2) is 0 Å². The van der Waals surface area contributed by atoms with Crippen molar-refractivity contribution in [3.8, 4) is 67.5 Å². The Balaban J connectivity index is 1.32. The molecule has 4 atom stereocenters. The van der Waals surface area contributed by atoms with E-state index in [0.29, 0.717) is 162 Å². The van der Waals surface area contributed by atoms with Crippen molar-refractivity contribution in [1.82, 2.24) is 19.9 Å². The Morgan fingerprint density at radius 1 is 0.274 bits per heavy atom. The second-order valence-corrected chi connectivity index (χ2v) is 34.6. The van der Waals surface area contributed by atoms with Crippen LogP contribution in [-0.2, 0) is 19.2 Å². The molecule has 14 N–H and O–H groups in total. The number of rotatable bonds is 60. The predicted octanol–water partition coefficient (Wildman–Crippen LogP) is 25.7. The summed E-state index contributed by atoms with van der Waals surface area (Å²) in [6.45, 7) is 17.5. The van der Waals surface area contributed by atoms with Gasteiger partial charge in [0.2, 0.25) is 23.6 Å². The van der Waals surface area contributed by atoms with E-state index in [1.807, 2.05) is 121 Å². The molecular weight excluding hydrogens is 1550 g/mol. The molecule has 7 aromatic rings. The largest absolute Gasteiger partial charge is 0.494 e. The van der Waals surface area contributed by atoms with E-state index < -0.39 is 47.8 Å². The Morgan fingerprint density at radius 2 is 0.452 bits per heavy atom. The standard InChI is InChI=1S/C104H150N12O8/c1-9-13-17-21-25-29-33-37-41-45-65-121-77-49-53-85(113-101(117)73(5)105)81(69-77)97-89-57-59-91(109-89)98(82-70-78(50-54-86(82)114-102(118)74(6)106)122-66-46-42-38-34-30-26-22-18-14-10-2)93-61-63-95(111-93)100(84-72-80(52-56-88(84)116-104(120)76(8)108)124-68-48-44-40-36-32-28-24-20-16-12-4)96-64-62-94(112-96)99(92-60-58-90(97)110-92)83-71-79(51-55-87(83)115-103(119)75(7)107)123-67-47-43-39-35-31-27-23-19-15-11-3/h49-64,69-76,109,112H,9-48,65-68,105-108H2,1-8H3,(H,113,117)(H,114,118)(H,115,119)(H,116,120)/t73-,74-,75-,76-/m0/s1. The normalized spacial score (nSPS) is 12.7. The van der Waals surface area contributed by atoms with E-state index in [4.69, 9.17) is 51.9 Å². The summed E-state index contributed by atoms with van der Waals surface area (Å²) in [5.41, 5.74) is 36.5. The number of aromatic amines is 2. The molecule has 4 aromatic carbocycles. The third-order valence-electron chi connectivity index (χ3n) is 23.5. The van der Waals surface area contributed by atoms with Crippen LogP contribution in [0.25, 0.3) is 90.9 Å². The van der Waals surface area contributed by atoms with Gasteiger partial charge in [0, 0.05) is 89.3 Å². The Bertz CT molecular complexity index is 4130.